The van der Waals surface area contributed by atoms with Gasteiger partial charge in [-0.2, -0.15) is 0 Å². The van der Waals surface area contributed by atoms with Crippen LogP contribution in [-0.4, -0.2) is 29.1 Å². The molecule has 1 unspecified atom stereocenters. The number of hydrogen-bond donors (Lipinski definition) is 1. The number of nitrogens with zero attached hydrogens (tertiary/aromatic N) is 1. The predicted octanol–water partition coefficient (Wildman–Crippen LogP) is 3.18. The zero-order valence-electron chi connectivity index (χ0n) is 13.4. The minimum atomic E-state index is -0.0612. The first-order chi connectivity index (χ1) is 11.8. The fourth-order valence-electron chi connectivity index (χ4n) is 3.31. The van der Waals surface area contributed by atoms with Gasteiger partial charge in [0.2, 0.25) is 0 Å². The quantitative estimate of drug-likeness (QED) is 0.803. The smallest absolute Gasteiger partial charge is 0.255 e. The van der Waals surface area contributed by atoms with Crippen molar-refractivity contribution >= 4 is 10.8 Å². The molecule has 0 amide bonds. The number of benzene rings is 2. The maximum absolute atomic E-state index is 11.7. The Kier molecular flexibility index (Phi) is 4.05. The van der Waals surface area contributed by atoms with E-state index >= 15 is 0 Å². The number of likely N-dealkylation sites (tertiary alicyclic amines) is 1. The lowest BCUT2D eigenvalue weighted by Crippen LogP contribution is -2.24. The number of pyridine rings is 1. The third-order valence-corrected chi connectivity index (χ3v) is 4.53. The van der Waals surface area contributed by atoms with Gasteiger partial charge in [0.1, 0.15) is 11.9 Å². The summed E-state index contributed by atoms with van der Waals surface area (Å²) in [5.74, 6) is 0.833. The molecular formula is C20H20N2O2. The van der Waals surface area contributed by atoms with Gasteiger partial charge < -0.3 is 9.72 Å². The Morgan fingerprint density at radius 2 is 2.00 bits per heavy atom. The summed E-state index contributed by atoms with van der Waals surface area (Å²) in [5.41, 5.74) is 1.28. The average molecular weight is 320 g/mol. The highest BCUT2D eigenvalue weighted by Gasteiger charge is 2.24. The Morgan fingerprint density at radius 1 is 1.12 bits per heavy atom. The summed E-state index contributed by atoms with van der Waals surface area (Å²) in [6.07, 6.45) is 2.90. The molecule has 1 aliphatic rings. The zero-order chi connectivity index (χ0) is 16.4. The van der Waals surface area contributed by atoms with Gasteiger partial charge >= 0.3 is 0 Å². The summed E-state index contributed by atoms with van der Waals surface area (Å²) in [5, 5.41) is 1.61. The summed E-state index contributed by atoms with van der Waals surface area (Å²) >= 11 is 0. The molecule has 4 nitrogen and oxygen atoms in total. The standard InChI is InChI=1S/C20H20N2O2/c23-20-19-7-6-17(12-16(19)8-10-21-20)24-18-9-11-22(14-18)13-15-4-2-1-3-5-15/h1-8,10,12,18H,9,11,13-14H2,(H,21,23). The lowest BCUT2D eigenvalue weighted by atomic mass is 10.1. The summed E-state index contributed by atoms with van der Waals surface area (Å²) in [4.78, 5) is 16.9. The molecule has 0 spiro atoms. The van der Waals surface area contributed by atoms with Gasteiger partial charge in [-0.25, -0.2) is 0 Å². The topological polar surface area (TPSA) is 45.3 Å². The molecule has 1 fully saturated rings. The second-order valence-corrected chi connectivity index (χ2v) is 6.31. The Bertz CT molecular complexity index is 889. The normalized spacial score (nSPS) is 18.1. The summed E-state index contributed by atoms with van der Waals surface area (Å²) < 4.78 is 6.14. The van der Waals surface area contributed by atoms with Crippen LogP contribution in [-0.2, 0) is 6.54 Å². The highest BCUT2D eigenvalue weighted by molar-refractivity contribution is 5.82. The van der Waals surface area contributed by atoms with E-state index in [2.05, 4.69) is 34.1 Å². The number of H-pyrrole nitrogens is 1. The highest BCUT2D eigenvalue weighted by Crippen LogP contribution is 2.23. The molecule has 0 radical (unpaired) electrons. The van der Waals surface area contributed by atoms with Crippen LogP contribution in [0.15, 0.2) is 65.6 Å². The van der Waals surface area contributed by atoms with Crippen LogP contribution in [0.5, 0.6) is 5.75 Å². The van der Waals surface area contributed by atoms with Crippen LogP contribution in [0.2, 0.25) is 0 Å². The van der Waals surface area contributed by atoms with Crippen LogP contribution in [0, 0.1) is 0 Å². The fourth-order valence-corrected chi connectivity index (χ4v) is 3.31. The Balaban J connectivity index is 1.42. The molecule has 2 heterocycles. The van der Waals surface area contributed by atoms with Crippen molar-refractivity contribution in [2.24, 2.45) is 0 Å². The number of nitrogens with one attached hydrogen (secondary N) is 1. The first-order valence-electron chi connectivity index (χ1n) is 8.32. The Morgan fingerprint density at radius 3 is 2.88 bits per heavy atom. The SMILES string of the molecule is O=c1[nH]ccc2cc(OC3CCN(Cc4ccccc4)C3)ccc12. The van der Waals surface area contributed by atoms with Crippen molar-refractivity contribution < 1.29 is 4.74 Å². The van der Waals surface area contributed by atoms with Crippen LogP contribution < -0.4 is 10.3 Å². The van der Waals surface area contributed by atoms with Gasteiger partial charge in [-0.05, 0) is 41.6 Å². The van der Waals surface area contributed by atoms with Gasteiger partial charge in [0.15, 0.2) is 0 Å². The summed E-state index contributed by atoms with van der Waals surface area (Å²) in [6, 6.07) is 18.1. The lowest BCUT2D eigenvalue weighted by Gasteiger charge is -2.17. The average Bonchev–Trinajstić information content (AvgIpc) is 3.03. The number of aromatic amines is 1. The monoisotopic (exact) mass is 320 g/mol. The molecule has 1 aliphatic heterocycles. The van der Waals surface area contributed by atoms with E-state index in [1.807, 2.05) is 30.3 Å². The molecule has 24 heavy (non-hydrogen) atoms. The Hall–Kier alpha value is -2.59. The van der Waals surface area contributed by atoms with Crippen LogP contribution >= 0.6 is 0 Å². The minimum absolute atomic E-state index is 0.0612. The van der Waals surface area contributed by atoms with Crippen molar-refractivity contribution in [2.45, 2.75) is 19.1 Å². The predicted molar refractivity (Wildman–Crippen MR) is 95.3 cm³/mol. The molecule has 0 saturated carbocycles. The largest absolute Gasteiger partial charge is 0.489 e. The second-order valence-electron chi connectivity index (χ2n) is 6.31. The van der Waals surface area contributed by atoms with Gasteiger partial charge in [-0.1, -0.05) is 30.3 Å². The number of aromatic nitrogens is 1. The lowest BCUT2D eigenvalue weighted by molar-refractivity contribution is 0.198. The third kappa shape index (κ3) is 3.19. The maximum Gasteiger partial charge on any atom is 0.255 e. The molecule has 1 atom stereocenters. The van der Waals surface area contributed by atoms with Crippen molar-refractivity contribution in [1.29, 1.82) is 0 Å². The van der Waals surface area contributed by atoms with Crippen LogP contribution in [0.1, 0.15) is 12.0 Å². The zero-order valence-corrected chi connectivity index (χ0v) is 13.4. The van der Waals surface area contributed by atoms with Crippen LogP contribution in [0.25, 0.3) is 10.8 Å². The van der Waals surface area contributed by atoms with Gasteiger partial charge in [0.25, 0.3) is 5.56 Å². The molecule has 1 saturated heterocycles. The number of hydrogen-bond acceptors (Lipinski definition) is 3. The molecule has 1 aromatic heterocycles. The van der Waals surface area contributed by atoms with E-state index in [9.17, 15) is 4.79 Å². The molecule has 0 aliphatic carbocycles. The van der Waals surface area contributed by atoms with E-state index < -0.39 is 0 Å². The maximum atomic E-state index is 11.7. The first-order valence-corrected chi connectivity index (χ1v) is 8.32. The number of fused-ring (bicyclic) bond motifs is 1. The van der Waals surface area contributed by atoms with Crippen LogP contribution in [0.4, 0.5) is 0 Å². The molecule has 2 aromatic carbocycles. The number of ether oxygens (including phenoxy) is 1. The van der Waals surface area contributed by atoms with E-state index in [4.69, 9.17) is 4.74 Å². The molecule has 1 N–H and O–H groups in total. The molecule has 0 bridgehead atoms. The first kappa shape index (κ1) is 15.0. The fraction of sp³-hybridized carbons (Fsp3) is 0.250. The van der Waals surface area contributed by atoms with E-state index in [0.717, 1.165) is 37.2 Å². The van der Waals surface area contributed by atoms with Crippen LogP contribution in [0.3, 0.4) is 0 Å². The summed E-state index contributed by atoms with van der Waals surface area (Å²) in [6.45, 7) is 2.95. The number of rotatable bonds is 4. The molecule has 4 rings (SSSR count). The molecule has 3 aromatic rings. The van der Waals surface area contributed by atoms with Gasteiger partial charge in [0.05, 0.1) is 0 Å². The third-order valence-electron chi connectivity index (χ3n) is 4.53. The van der Waals surface area contributed by atoms with Crippen molar-refractivity contribution in [1.82, 2.24) is 9.88 Å². The molecule has 4 heteroatoms. The van der Waals surface area contributed by atoms with E-state index in [1.54, 1.807) is 6.20 Å². The van der Waals surface area contributed by atoms with E-state index in [1.165, 1.54) is 5.56 Å². The molecular weight excluding hydrogens is 300 g/mol. The second kappa shape index (κ2) is 6.49. The summed E-state index contributed by atoms with van der Waals surface area (Å²) in [7, 11) is 0. The van der Waals surface area contributed by atoms with Gasteiger partial charge in [0, 0.05) is 31.2 Å². The van der Waals surface area contributed by atoms with Gasteiger partial charge in [-0.15, -0.1) is 0 Å². The highest BCUT2D eigenvalue weighted by atomic mass is 16.5. The van der Waals surface area contributed by atoms with Crippen molar-refractivity contribution in [3.05, 3.63) is 76.7 Å². The van der Waals surface area contributed by atoms with Gasteiger partial charge in [-0.3, -0.25) is 9.69 Å². The van der Waals surface area contributed by atoms with E-state index in [-0.39, 0.29) is 11.7 Å². The van der Waals surface area contributed by atoms with Crippen molar-refractivity contribution in [3.8, 4) is 5.75 Å². The van der Waals surface area contributed by atoms with Crippen molar-refractivity contribution in [2.75, 3.05) is 13.1 Å². The Labute approximate surface area is 140 Å². The van der Waals surface area contributed by atoms with E-state index in [0.29, 0.717) is 5.39 Å². The molecule has 122 valence electrons. The van der Waals surface area contributed by atoms with Crippen molar-refractivity contribution in [3.63, 3.8) is 0 Å². The minimum Gasteiger partial charge on any atom is -0.489 e.